The lowest BCUT2D eigenvalue weighted by molar-refractivity contribution is -0.137. The SMILES string of the molecule is FC(F)(F)c1ccc(CCN2CCNCC2)c(Br)c1. The Bertz CT molecular complexity index is 428. The Morgan fingerprint density at radius 3 is 2.47 bits per heavy atom. The van der Waals surface area contributed by atoms with Crippen molar-refractivity contribution in [1.29, 1.82) is 0 Å². The zero-order valence-corrected chi connectivity index (χ0v) is 12.0. The van der Waals surface area contributed by atoms with Crippen LogP contribution in [-0.4, -0.2) is 37.6 Å². The lowest BCUT2D eigenvalue weighted by Gasteiger charge is -2.27. The standard InChI is InChI=1S/C13H16BrF3N2/c14-12-9-11(13(15,16)17)2-1-10(12)3-6-19-7-4-18-5-8-19/h1-2,9,18H,3-8H2. The third-order valence-electron chi connectivity index (χ3n) is 3.29. The van der Waals surface area contributed by atoms with Gasteiger partial charge in [-0.3, -0.25) is 0 Å². The van der Waals surface area contributed by atoms with Crippen molar-refractivity contribution in [2.75, 3.05) is 32.7 Å². The molecule has 2 rings (SSSR count). The molecule has 0 bridgehead atoms. The molecule has 1 aliphatic heterocycles. The van der Waals surface area contributed by atoms with Crippen LogP contribution in [-0.2, 0) is 12.6 Å². The molecule has 0 saturated carbocycles. The summed E-state index contributed by atoms with van der Waals surface area (Å²) in [5.41, 5.74) is 0.317. The van der Waals surface area contributed by atoms with Gasteiger partial charge in [0, 0.05) is 37.2 Å². The molecule has 0 aromatic heterocycles. The number of piperazine rings is 1. The summed E-state index contributed by atoms with van der Waals surface area (Å²) in [6, 6.07) is 3.88. The largest absolute Gasteiger partial charge is 0.416 e. The highest BCUT2D eigenvalue weighted by atomic mass is 79.9. The fourth-order valence-corrected chi connectivity index (χ4v) is 2.72. The van der Waals surface area contributed by atoms with E-state index < -0.39 is 11.7 Å². The molecule has 0 spiro atoms. The second-order valence-corrected chi connectivity index (χ2v) is 5.50. The number of rotatable bonds is 3. The first-order chi connectivity index (χ1) is 8.97. The highest BCUT2D eigenvalue weighted by Crippen LogP contribution is 2.32. The van der Waals surface area contributed by atoms with Crippen molar-refractivity contribution in [2.24, 2.45) is 0 Å². The van der Waals surface area contributed by atoms with E-state index in [2.05, 4.69) is 26.1 Å². The average Bonchev–Trinajstić information content (AvgIpc) is 2.37. The van der Waals surface area contributed by atoms with E-state index in [0.29, 0.717) is 4.47 Å². The summed E-state index contributed by atoms with van der Waals surface area (Å²) in [4.78, 5) is 2.32. The topological polar surface area (TPSA) is 15.3 Å². The normalized spacial score (nSPS) is 17.7. The van der Waals surface area contributed by atoms with Crippen LogP contribution >= 0.6 is 15.9 Å². The zero-order chi connectivity index (χ0) is 13.9. The van der Waals surface area contributed by atoms with Gasteiger partial charge < -0.3 is 10.2 Å². The van der Waals surface area contributed by atoms with Gasteiger partial charge in [-0.15, -0.1) is 0 Å². The molecule has 1 fully saturated rings. The van der Waals surface area contributed by atoms with Crippen LogP contribution in [0.25, 0.3) is 0 Å². The molecule has 2 nitrogen and oxygen atoms in total. The van der Waals surface area contributed by atoms with Gasteiger partial charge in [-0.25, -0.2) is 0 Å². The molecule has 0 amide bonds. The molecule has 1 saturated heterocycles. The van der Waals surface area contributed by atoms with Crippen LogP contribution in [0.2, 0.25) is 0 Å². The van der Waals surface area contributed by atoms with Crippen LogP contribution in [0.5, 0.6) is 0 Å². The molecular weight excluding hydrogens is 321 g/mol. The summed E-state index contributed by atoms with van der Waals surface area (Å²) >= 11 is 3.23. The van der Waals surface area contributed by atoms with E-state index in [0.717, 1.165) is 56.8 Å². The number of hydrogen-bond acceptors (Lipinski definition) is 2. The molecule has 1 aromatic carbocycles. The maximum atomic E-state index is 12.5. The molecule has 19 heavy (non-hydrogen) atoms. The second kappa shape index (κ2) is 6.24. The molecule has 1 aromatic rings. The first kappa shape index (κ1) is 14.8. The quantitative estimate of drug-likeness (QED) is 0.912. The summed E-state index contributed by atoms with van der Waals surface area (Å²) in [6.07, 6.45) is -3.52. The highest BCUT2D eigenvalue weighted by molar-refractivity contribution is 9.10. The van der Waals surface area contributed by atoms with Crippen LogP contribution in [0.1, 0.15) is 11.1 Å². The van der Waals surface area contributed by atoms with E-state index >= 15 is 0 Å². The van der Waals surface area contributed by atoms with Gasteiger partial charge in [0.25, 0.3) is 0 Å². The first-order valence-corrected chi connectivity index (χ1v) is 7.05. The van der Waals surface area contributed by atoms with Gasteiger partial charge in [0.1, 0.15) is 0 Å². The van der Waals surface area contributed by atoms with Crippen LogP contribution in [0.4, 0.5) is 13.2 Å². The molecule has 1 N–H and O–H groups in total. The van der Waals surface area contributed by atoms with Crippen molar-refractivity contribution in [3.63, 3.8) is 0 Å². The first-order valence-electron chi connectivity index (χ1n) is 6.25. The summed E-state index contributed by atoms with van der Waals surface area (Å²) < 4.78 is 38.2. The molecular formula is C13H16BrF3N2. The monoisotopic (exact) mass is 336 g/mol. The van der Waals surface area contributed by atoms with Crippen LogP contribution in [0, 0.1) is 0 Å². The molecule has 1 heterocycles. The van der Waals surface area contributed by atoms with Gasteiger partial charge in [0.15, 0.2) is 0 Å². The maximum Gasteiger partial charge on any atom is 0.416 e. The minimum Gasteiger partial charge on any atom is -0.314 e. The fourth-order valence-electron chi connectivity index (χ4n) is 2.14. The molecule has 6 heteroatoms. The molecule has 0 aliphatic carbocycles. The van der Waals surface area contributed by atoms with E-state index in [4.69, 9.17) is 0 Å². The van der Waals surface area contributed by atoms with Gasteiger partial charge in [0.2, 0.25) is 0 Å². The van der Waals surface area contributed by atoms with Crippen molar-refractivity contribution in [3.05, 3.63) is 33.8 Å². The lowest BCUT2D eigenvalue weighted by atomic mass is 10.1. The number of hydrogen-bond donors (Lipinski definition) is 1. The van der Waals surface area contributed by atoms with Crippen LogP contribution in [0.3, 0.4) is 0 Å². The minimum atomic E-state index is -4.28. The Kier molecular flexibility index (Phi) is 4.86. The predicted octanol–water partition coefficient (Wildman–Crippen LogP) is 2.92. The summed E-state index contributed by atoms with van der Waals surface area (Å²) in [6.45, 7) is 4.84. The number of halogens is 4. The van der Waals surface area contributed by atoms with E-state index in [1.165, 1.54) is 0 Å². The third-order valence-corrected chi connectivity index (χ3v) is 4.03. The number of alkyl halides is 3. The minimum absolute atomic E-state index is 0.539. The number of benzene rings is 1. The van der Waals surface area contributed by atoms with Crippen LogP contribution < -0.4 is 5.32 Å². The number of nitrogens with zero attached hydrogens (tertiary/aromatic N) is 1. The van der Waals surface area contributed by atoms with Crippen molar-refractivity contribution >= 4 is 15.9 Å². The van der Waals surface area contributed by atoms with Crippen molar-refractivity contribution in [1.82, 2.24) is 10.2 Å². The Morgan fingerprint density at radius 1 is 1.21 bits per heavy atom. The summed E-state index contributed by atoms with van der Waals surface area (Å²) in [7, 11) is 0. The fraction of sp³-hybridized carbons (Fsp3) is 0.538. The van der Waals surface area contributed by atoms with Gasteiger partial charge in [-0.05, 0) is 24.1 Å². The second-order valence-electron chi connectivity index (χ2n) is 4.65. The Hall–Kier alpha value is -0.590. The van der Waals surface area contributed by atoms with Crippen molar-refractivity contribution < 1.29 is 13.2 Å². The van der Waals surface area contributed by atoms with Gasteiger partial charge in [-0.1, -0.05) is 22.0 Å². The van der Waals surface area contributed by atoms with Crippen molar-refractivity contribution in [2.45, 2.75) is 12.6 Å². The van der Waals surface area contributed by atoms with E-state index in [9.17, 15) is 13.2 Å². The average molecular weight is 337 g/mol. The van der Waals surface area contributed by atoms with Crippen LogP contribution in [0.15, 0.2) is 22.7 Å². The van der Waals surface area contributed by atoms with Gasteiger partial charge in [-0.2, -0.15) is 13.2 Å². The Labute approximate surface area is 119 Å². The van der Waals surface area contributed by atoms with E-state index in [1.807, 2.05) is 0 Å². The molecule has 0 unspecified atom stereocenters. The number of nitrogens with one attached hydrogen (secondary N) is 1. The lowest BCUT2D eigenvalue weighted by Crippen LogP contribution is -2.44. The Morgan fingerprint density at radius 2 is 1.89 bits per heavy atom. The smallest absolute Gasteiger partial charge is 0.314 e. The molecule has 106 valence electrons. The Balaban J connectivity index is 1.97. The van der Waals surface area contributed by atoms with E-state index in [1.54, 1.807) is 6.07 Å². The highest BCUT2D eigenvalue weighted by Gasteiger charge is 2.30. The third kappa shape index (κ3) is 4.19. The molecule has 0 atom stereocenters. The predicted molar refractivity (Wildman–Crippen MR) is 72.2 cm³/mol. The molecule has 1 aliphatic rings. The van der Waals surface area contributed by atoms with Crippen molar-refractivity contribution in [3.8, 4) is 0 Å². The zero-order valence-electron chi connectivity index (χ0n) is 10.4. The molecule has 0 radical (unpaired) electrons. The van der Waals surface area contributed by atoms with E-state index in [-0.39, 0.29) is 0 Å². The van der Waals surface area contributed by atoms with Gasteiger partial charge in [0.05, 0.1) is 5.56 Å². The maximum absolute atomic E-state index is 12.5. The summed E-state index contributed by atoms with van der Waals surface area (Å²) in [5.74, 6) is 0. The summed E-state index contributed by atoms with van der Waals surface area (Å²) in [5, 5.41) is 3.27. The van der Waals surface area contributed by atoms with Gasteiger partial charge >= 0.3 is 6.18 Å².